The summed E-state index contributed by atoms with van der Waals surface area (Å²) in [5.74, 6) is 0.362. The molecule has 0 aliphatic carbocycles. The van der Waals surface area contributed by atoms with Gasteiger partial charge < -0.3 is 15.7 Å². The molecular weight excluding hydrogens is 417 g/mol. The van der Waals surface area contributed by atoms with Crippen molar-refractivity contribution in [3.63, 3.8) is 0 Å². The number of aromatic hydroxyl groups is 1. The van der Waals surface area contributed by atoms with Crippen LogP contribution in [0.25, 0.3) is 0 Å². The number of benzene rings is 2. The zero-order valence-corrected chi connectivity index (χ0v) is 16.1. The van der Waals surface area contributed by atoms with Crippen LogP contribution in [0.1, 0.15) is 10.4 Å². The smallest absolute Gasteiger partial charge is 0.196 e. The Kier molecular flexibility index (Phi) is 6.25. The number of phenols is 1. The monoisotopic (exact) mass is 433 g/mol. The molecule has 0 fully saturated rings. The zero-order chi connectivity index (χ0) is 18.4. The van der Waals surface area contributed by atoms with Crippen LogP contribution < -0.4 is 10.6 Å². The van der Waals surface area contributed by atoms with Crippen molar-refractivity contribution >= 4 is 38.9 Å². The minimum Gasteiger partial charge on any atom is -0.508 e. The Morgan fingerprint density at radius 3 is 2.81 bits per heavy atom. The van der Waals surface area contributed by atoms with Crippen LogP contribution in [0.2, 0.25) is 0 Å². The van der Waals surface area contributed by atoms with Crippen molar-refractivity contribution in [2.75, 3.05) is 5.32 Å². The van der Waals surface area contributed by atoms with Crippen LogP contribution in [-0.4, -0.2) is 11.1 Å². The van der Waals surface area contributed by atoms with Gasteiger partial charge in [-0.2, -0.15) is 0 Å². The topological polar surface area (TPSA) is 56.6 Å². The van der Waals surface area contributed by atoms with Gasteiger partial charge in [-0.05, 0) is 41.8 Å². The Morgan fingerprint density at radius 2 is 2.04 bits per heavy atom. The van der Waals surface area contributed by atoms with Crippen molar-refractivity contribution in [2.24, 2.45) is 4.99 Å². The highest BCUT2D eigenvalue weighted by atomic mass is 79.9. The molecule has 0 radical (unpaired) electrons. The van der Waals surface area contributed by atoms with E-state index in [0.717, 1.165) is 9.35 Å². The standard InChI is InChI=1S/C19H17BrFN3OS/c20-14-6-7-18(21)13(9-14)11-22-19(23-12-17-5-2-8-26-17)24-15-3-1-4-16(25)10-15/h1-10,25H,11-12H2,(H2,22,23,24). The molecule has 1 aromatic heterocycles. The second kappa shape index (κ2) is 8.82. The van der Waals surface area contributed by atoms with Crippen LogP contribution >= 0.6 is 27.3 Å². The molecule has 3 N–H and O–H groups in total. The molecule has 0 saturated carbocycles. The molecule has 4 nitrogen and oxygen atoms in total. The number of nitrogens with zero attached hydrogens (tertiary/aromatic N) is 1. The normalized spacial score (nSPS) is 11.4. The lowest BCUT2D eigenvalue weighted by molar-refractivity contribution is 0.475. The van der Waals surface area contributed by atoms with E-state index < -0.39 is 0 Å². The Balaban J connectivity index is 1.77. The summed E-state index contributed by atoms with van der Waals surface area (Å²) in [6, 6.07) is 15.5. The maximum absolute atomic E-state index is 13.9. The van der Waals surface area contributed by atoms with Gasteiger partial charge in [0, 0.05) is 26.7 Å². The molecule has 0 atom stereocenters. The number of halogens is 2. The van der Waals surface area contributed by atoms with Gasteiger partial charge in [-0.25, -0.2) is 9.38 Å². The molecule has 0 aliphatic heterocycles. The summed E-state index contributed by atoms with van der Waals surface area (Å²) >= 11 is 4.99. The van der Waals surface area contributed by atoms with E-state index in [0.29, 0.717) is 23.8 Å². The number of anilines is 1. The maximum atomic E-state index is 13.9. The van der Waals surface area contributed by atoms with E-state index in [-0.39, 0.29) is 18.1 Å². The molecule has 0 spiro atoms. The first-order chi connectivity index (χ1) is 12.6. The molecule has 26 heavy (non-hydrogen) atoms. The van der Waals surface area contributed by atoms with Crippen LogP contribution in [0.3, 0.4) is 0 Å². The number of thiophene rings is 1. The molecule has 1 heterocycles. The summed E-state index contributed by atoms with van der Waals surface area (Å²) in [5.41, 5.74) is 1.18. The fourth-order valence-electron chi connectivity index (χ4n) is 2.27. The molecule has 2 aromatic carbocycles. The predicted octanol–water partition coefficient (Wildman–Crippen LogP) is 5.11. The van der Waals surface area contributed by atoms with E-state index in [1.54, 1.807) is 41.7 Å². The Labute approximate surface area is 163 Å². The fourth-order valence-corrected chi connectivity index (χ4v) is 3.33. The van der Waals surface area contributed by atoms with Gasteiger partial charge in [0.1, 0.15) is 11.6 Å². The van der Waals surface area contributed by atoms with Gasteiger partial charge in [0.25, 0.3) is 0 Å². The van der Waals surface area contributed by atoms with E-state index in [2.05, 4.69) is 31.6 Å². The summed E-state index contributed by atoms with van der Waals surface area (Å²) in [6.45, 7) is 0.785. The maximum Gasteiger partial charge on any atom is 0.196 e. The number of hydrogen-bond donors (Lipinski definition) is 3. The van der Waals surface area contributed by atoms with Crippen LogP contribution in [0, 0.1) is 5.82 Å². The van der Waals surface area contributed by atoms with E-state index >= 15 is 0 Å². The minimum atomic E-state index is -0.299. The van der Waals surface area contributed by atoms with Crippen LogP contribution in [0.5, 0.6) is 5.75 Å². The van der Waals surface area contributed by atoms with Crippen molar-refractivity contribution in [2.45, 2.75) is 13.1 Å². The van der Waals surface area contributed by atoms with Gasteiger partial charge in [0.15, 0.2) is 5.96 Å². The number of aliphatic imine (C=N–C) groups is 1. The van der Waals surface area contributed by atoms with E-state index in [9.17, 15) is 9.50 Å². The molecule has 0 saturated heterocycles. The number of nitrogens with one attached hydrogen (secondary N) is 2. The highest BCUT2D eigenvalue weighted by Crippen LogP contribution is 2.18. The van der Waals surface area contributed by atoms with Gasteiger partial charge >= 0.3 is 0 Å². The third-order valence-electron chi connectivity index (χ3n) is 3.53. The lowest BCUT2D eigenvalue weighted by Gasteiger charge is -2.13. The first-order valence-electron chi connectivity index (χ1n) is 7.91. The quantitative estimate of drug-likeness (QED) is 0.386. The third-order valence-corrected chi connectivity index (χ3v) is 4.90. The molecule has 7 heteroatoms. The molecule has 0 bridgehead atoms. The number of hydrogen-bond acceptors (Lipinski definition) is 3. The molecule has 0 amide bonds. The highest BCUT2D eigenvalue weighted by Gasteiger charge is 2.05. The summed E-state index contributed by atoms with van der Waals surface area (Å²) in [7, 11) is 0. The molecule has 0 aliphatic rings. The Hall–Kier alpha value is -2.38. The first-order valence-corrected chi connectivity index (χ1v) is 9.58. The Bertz CT molecular complexity index is 900. The largest absolute Gasteiger partial charge is 0.508 e. The predicted molar refractivity (Wildman–Crippen MR) is 108 cm³/mol. The van der Waals surface area contributed by atoms with Crippen molar-refractivity contribution in [3.8, 4) is 5.75 Å². The lowest BCUT2D eigenvalue weighted by atomic mass is 10.2. The molecule has 0 unspecified atom stereocenters. The van der Waals surface area contributed by atoms with E-state index in [4.69, 9.17) is 0 Å². The van der Waals surface area contributed by atoms with Gasteiger partial charge in [0.05, 0.1) is 13.1 Å². The summed E-state index contributed by atoms with van der Waals surface area (Å²) < 4.78 is 14.8. The molecule has 3 rings (SSSR count). The van der Waals surface area contributed by atoms with Crippen LogP contribution in [0.15, 0.2) is 69.4 Å². The van der Waals surface area contributed by atoms with Gasteiger partial charge in [0.2, 0.25) is 0 Å². The summed E-state index contributed by atoms with van der Waals surface area (Å²) in [5, 5.41) is 18.0. The van der Waals surface area contributed by atoms with Crippen molar-refractivity contribution < 1.29 is 9.50 Å². The van der Waals surface area contributed by atoms with E-state index in [1.807, 2.05) is 23.6 Å². The van der Waals surface area contributed by atoms with E-state index in [1.165, 1.54) is 6.07 Å². The minimum absolute atomic E-state index is 0.158. The molecule has 3 aromatic rings. The fraction of sp³-hybridized carbons (Fsp3) is 0.105. The average Bonchev–Trinajstić information content (AvgIpc) is 3.13. The average molecular weight is 434 g/mol. The lowest BCUT2D eigenvalue weighted by Crippen LogP contribution is -2.30. The van der Waals surface area contributed by atoms with Crippen LogP contribution in [-0.2, 0) is 13.1 Å². The van der Waals surface area contributed by atoms with Crippen molar-refractivity contribution in [1.29, 1.82) is 0 Å². The van der Waals surface area contributed by atoms with Crippen LogP contribution in [0.4, 0.5) is 10.1 Å². The van der Waals surface area contributed by atoms with Crippen molar-refractivity contribution in [1.82, 2.24) is 5.32 Å². The second-order valence-electron chi connectivity index (χ2n) is 5.51. The van der Waals surface area contributed by atoms with Crippen molar-refractivity contribution in [3.05, 3.63) is 80.7 Å². The second-order valence-corrected chi connectivity index (χ2v) is 7.46. The number of rotatable bonds is 5. The highest BCUT2D eigenvalue weighted by molar-refractivity contribution is 9.10. The number of phenolic OH excluding ortho intramolecular Hbond substituents is 1. The first kappa shape index (κ1) is 18.4. The summed E-state index contributed by atoms with van der Waals surface area (Å²) in [4.78, 5) is 5.63. The SMILES string of the molecule is Oc1cccc(NC(=NCc2cc(Br)ccc2F)NCc2cccs2)c1. The van der Waals surface area contributed by atoms with Gasteiger partial charge in [-0.1, -0.05) is 28.1 Å². The van der Waals surface area contributed by atoms with Gasteiger partial charge in [-0.15, -0.1) is 11.3 Å². The van der Waals surface area contributed by atoms with Gasteiger partial charge in [-0.3, -0.25) is 0 Å². The Morgan fingerprint density at radius 1 is 1.15 bits per heavy atom. The summed E-state index contributed by atoms with van der Waals surface area (Å²) in [6.07, 6.45) is 0. The number of guanidine groups is 1. The third kappa shape index (κ3) is 5.31. The zero-order valence-electron chi connectivity index (χ0n) is 13.7. The molecular formula is C19H17BrFN3OS. The molecule has 134 valence electrons.